The van der Waals surface area contributed by atoms with E-state index < -0.39 is 6.86 Å². The van der Waals surface area contributed by atoms with Crippen LogP contribution in [-0.4, -0.2) is 31.5 Å². The highest BCUT2D eigenvalue weighted by atomic mass is 19.1. The molecule has 2 aromatic rings. The van der Waals surface area contributed by atoms with Crippen LogP contribution < -0.4 is 15.4 Å². The minimum Gasteiger partial charge on any atom is -0.458 e. The quantitative estimate of drug-likeness (QED) is 0.930. The van der Waals surface area contributed by atoms with E-state index >= 15 is 0 Å². The third-order valence-corrected chi connectivity index (χ3v) is 3.87. The van der Waals surface area contributed by atoms with Crippen LogP contribution in [0.25, 0.3) is 10.9 Å². The number of anilines is 1. The van der Waals surface area contributed by atoms with E-state index in [4.69, 9.17) is 10.5 Å². The fourth-order valence-corrected chi connectivity index (χ4v) is 2.80. The summed E-state index contributed by atoms with van der Waals surface area (Å²) in [6.45, 7) is 1.64. The summed E-state index contributed by atoms with van der Waals surface area (Å²) in [4.78, 5) is 6.53. The van der Waals surface area contributed by atoms with Crippen molar-refractivity contribution >= 4 is 16.6 Å². The number of hydrogen-bond acceptors (Lipinski definition) is 4. The van der Waals surface area contributed by atoms with Gasteiger partial charge in [-0.2, -0.15) is 0 Å². The lowest BCUT2D eigenvalue weighted by Crippen LogP contribution is -2.23. The number of alkyl halides is 1. The average Bonchev–Trinajstić information content (AvgIpc) is 2.96. The van der Waals surface area contributed by atoms with Crippen molar-refractivity contribution in [2.75, 3.05) is 31.4 Å². The van der Waals surface area contributed by atoms with Crippen molar-refractivity contribution in [3.05, 3.63) is 30.5 Å². The summed E-state index contributed by atoms with van der Waals surface area (Å²) in [6, 6.07) is 7.79. The van der Waals surface area contributed by atoms with Gasteiger partial charge in [-0.3, -0.25) is 4.98 Å². The molecule has 1 aliphatic heterocycles. The minimum absolute atomic E-state index is 0.493. The van der Waals surface area contributed by atoms with Crippen molar-refractivity contribution in [3.63, 3.8) is 0 Å². The molecular formula is C15H18FN3O. The Kier molecular flexibility index (Phi) is 3.69. The summed E-state index contributed by atoms with van der Waals surface area (Å²) < 4.78 is 18.0. The Morgan fingerprint density at radius 1 is 1.40 bits per heavy atom. The predicted molar refractivity (Wildman–Crippen MR) is 77.7 cm³/mol. The second-order valence-electron chi connectivity index (χ2n) is 5.08. The van der Waals surface area contributed by atoms with Crippen molar-refractivity contribution in [2.24, 2.45) is 11.7 Å². The first-order valence-corrected chi connectivity index (χ1v) is 6.85. The maximum atomic E-state index is 12.7. The third kappa shape index (κ3) is 2.29. The molecule has 1 saturated heterocycles. The first-order valence-electron chi connectivity index (χ1n) is 6.85. The van der Waals surface area contributed by atoms with Gasteiger partial charge in [0.05, 0.1) is 5.69 Å². The van der Waals surface area contributed by atoms with E-state index in [1.165, 1.54) is 0 Å². The normalized spacial score (nSPS) is 18.7. The first kappa shape index (κ1) is 13.1. The number of ether oxygens (including phenoxy) is 1. The predicted octanol–water partition coefficient (Wildman–Crippen LogP) is 2.33. The fraction of sp³-hybridized carbons (Fsp3) is 0.400. The van der Waals surface area contributed by atoms with Crippen LogP contribution in [0.2, 0.25) is 0 Å². The Hall–Kier alpha value is -1.88. The lowest BCUT2D eigenvalue weighted by atomic mass is 10.1. The minimum atomic E-state index is -0.850. The van der Waals surface area contributed by atoms with Gasteiger partial charge < -0.3 is 15.4 Å². The molecular weight excluding hydrogens is 257 g/mol. The lowest BCUT2D eigenvalue weighted by Gasteiger charge is -2.22. The molecule has 5 heteroatoms. The SMILES string of the molecule is NCC1CCN(c2ccc3cccnc3c2OCF)C1. The molecule has 2 heterocycles. The molecule has 1 aromatic heterocycles. The van der Waals surface area contributed by atoms with Crippen molar-refractivity contribution in [3.8, 4) is 5.75 Å². The summed E-state index contributed by atoms with van der Waals surface area (Å²) in [6.07, 6.45) is 2.76. The van der Waals surface area contributed by atoms with Crippen LogP contribution in [0, 0.1) is 5.92 Å². The molecule has 1 aromatic carbocycles. The second-order valence-corrected chi connectivity index (χ2v) is 5.08. The fourth-order valence-electron chi connectivity index (χ4n) is 2.80. The number of nitrogens with two attached hydrogens (primary N) is 1. The number of nitrogens with zero attached hydrogens (tertiary/aromatic N) is 2. The second kappa shape index (κ2) is 5.63. The topological polar surface area (TPSA) is 51.4 Å². The van der Waals surface area contributed by atoms with Crippen molar-refractivity contribution in [1.29, 1.82) is 0 Å². The van der Waals surface area contributed by atoms with E-state index in [9.17, 15) is 4.39 Å². The maximum absolute atomic E-state index is 12.7. The average molecular weight is 275 g/mol. The number of hydrogen-bond donors (Lipinski definition) is 1. The Bertz CT molecular complexity index is 605. The number of rotatable bonds is 4. The van der Waals surface area contributed by atoms with Crippen molar-refractivity contribution in [1.82, 2.24) is 4.98 Å². The molecule has 1 unspecified atom stereocenters. The van der Waals surface area contributed by atoms with Gasteiger partial charge >= 0.3 is 0 Å². The molecule has 20 heavy (non-hydrogen) atoms. The largest absolute Gasteiger partial charge is 0.458 e. The van der Waals surface area contributed by atoms with E-state index in [1.807, 2.05) is 24.3 Å². The van der Waals surface area contributed by atoms with Crippen LogP contribution in [0.4, 0.5) is 10.1 Å². The number of benzene rings is 1. The van der Waals surface area contributed by atoms with Gasteiger partial charge in [-0.15, -0.1) is 0 Å². The zero-order valence-corrected chi connectivity index (χ0v) is 11.3. The van der Waals surface area contributed by atoms with Crippen molar-refractivity contribution in [2.45, 2.75) is 6.42 Å². The zero-order valence-electron chi connectivity index (χ0n) is 11.3. The molecule has 0 aliphatic carbocycles. The van der Waals surface area contributed by atoms with E-state index in [0.29, 0.717) is 23.7 Å². The Morgan fingerprint density at radius 3 is 3.05 bits per heavy atom. The van der Waals surface area contributed by atoms with Gasteiger partial charge in [0.1, 0.15) is 5.52 Å². The summed E-state index contributed by atoms with van der Waals surface area (Å²) in [5, 5.41) is 0.953. The highest BCUT2D eigenvalue weighted by molar-refractivity contribution is 5.90. The van der Waals surface area contributed by atoms with Crippen LogP contribution in [0.3, 0.4) is 0 Å². The van der Waals surface area contributed by atoms with E-state index in [2.05, 4.69) is 9.88 Å². The summed E-state index contributed by atoms with van der Waals surface area (Å²) in [5.74, 6) is 1.02. The zero-order chi connectivity index (χ0) is 13.9. The summed E-state index contributed by atoms with van der Waals surface area (Å²) >= 11 is 0. The van der Waals surface area contributed by atoms with Gasteiger partial charge in [0.15, 0.2) is 5.75 Å². The monoisotopic (exact) mass is 275 g/mol. The first-order chi connectivity index (χ1) is 9.83. The third-order valence-electron chi connectivity index (χ3n) is 3.87. The smallest absolute Gasteiger partial charge is 0.228 e. The van der Waals surface area contributed by atoms with E-state index in [-0.39, 0.29) is 0 Å². The molecule has 0 radical (unpaired) electrons. The lowest BCUT2D eigenvalue weighted by molar-refractivity contribution is 0.194. The number of fused-ring (bicyclic) bond motifs is 1. The Labute approximate surface area is 117 Å². The summed E-state index contributed by atoms with van der Waals surface area (Å²) in [5.41, 5.74) is 7.35. The van der Waals surface area contributed by atoms with Gasteiger partial charge in [0, 0.05) is 24.7 Å². The van der Waals surface area contributed by atoms with Crippen LogP contribution in [0.1, 0.15) is 6.42 Å². The molecule has 1 atom stereocenters. The number of halogens is 1. The van der Waals surface area contributed by atoms with Crippen LogP contribution in [0.15, 0.2) is 30.5 Å². The van der Waals surface area contributed by atoms with Gasteiger partial charge in [-0.05, 0) is 31.0 Å². The maximum Gasteiger partial charge on any atom is 0.228 e. The van der Waals surface area contributed by atoms with Gasteiger partial charge in [0.2, 0.25) is 6.86 Å². The molecule has 1 aliphatic rings. The van der Waals surface area contributed by atoms with Gasteiger partial charge in [0.25, 0.3) is 0 Å². The number of aromatic nitrogens is 1. The molecule has 2 N–H and O–H groups in total. The van der Waals surface area contributed by atoms with E-state index in [1.54, 1.807) is 6.20 Å². The molecule has 1 fully saturated rings. The molecule has 0 amide bonds. The summed E-state index contributed by atoms with van der Waals surface area (Å²) in [7, 11) is 0. The molecule has 106 valence electrons. The Balaban J connectivity index is 2.03. The molecule has 4 nitrogen and oxygen atoms in total. The van der Waals surface area contributed by atoms with Crippen LogP contribution in [-0.2, 0) is 0 Å². The number of pyridine rings is 1. The van der Waals surface area contributed by atoms with Crippen LogP contribution >= 0.6 is 0 Å². The Morgan fingerprint density at radius 2 is 2.30 bits per heavy atom. The highest BCUT2D eigenvalue weighted by Gasteiger charge is 2.25. The van der Waals surface area contributed by atoms with Gasteiger partial charge in [-0.25, -0.2) is 4.39 Å². The highest BCUT2D eigenvalue weighted by Crippen LogP contribution is 2.37. The van der Waals surface area contributed by atoms with Crippen molar-refractivity contribution < 1.29 is 9.13 Å². The molecule has 3 rings (SSSR count). The molecule has 0 bridgehead atoms. The van der Waals surface area contributed by atoms with Gasteiger partial charge in [-0.1, -0.05) is 12.1 Å². The standard InChI is InChI=1S/C15H18FN3O/c16-10-20-15-13(19-7-5-11(8-17)9-19)4-3-12-2-1-6-18-14(12)15/h1-4,6,11H,5,7-10,17H2. The molecule has 0 spiro atoms. The van der Waals surface area contributed by atoms with E-state index in [0.717, 1.165) is 30.6 Å². The van der Waals surface area contributed by atoms with Crippen LogP contribution in [0.5, 0.6) is 5.75 Å². The molecule has 0 saturated carbocycles.